The molecule has 4 atom stereocenters. The van der Waals surface area contributed by atoms with Crippen LogP contribution < -0.4 is 10.6 Å². The van der Waals surface area contributed by atoms with Gasteiger partial charge in [-0.25, -0.2) is 29.5 Å². The number of nitrogens with zero attached hydrogens (tertiary/aromatic N) is 6. The second-order valence-corrected chi connectivity index (χ2v) is 15.3. The molecule has 0 saturated carbocycles. The fourth-order valence-electron chi connectivity index (χ4n) is 8.50. The van der Waals surface area contributed by atoms with Crippen molar-refractivity contribution in [2.24, 2.45) is 0 Å². The SMILES string of the molecule is COC(=O)N[C@@H](C(=O)N1CCC[C@H]1c1ncc(-c2ccc3nc4cc(-c5cnc([C@@H]6CCCN6C(=O)[C@H](NC(=O)OC)c6ccccc6)[nH]5)ccc4nc3c2)[nH]1)c1ccccc1. The van der Waals surface area contributed by atoms with Crippen LogP contribution in [0.4, 0.5) is 9.59 Å². The highest BCUT2D eigenvalue weighted by Crippen LogP contribution is 2.36. The Morgan fingerprint density at radius 2 is 1.02 bits per heavy atom. The van der Waals surface area contributed by atoms with Crippen molar-refractivity contribution in [3.05, 3.63) is 132 Å². The molecule has 0 spiro atoms. The first-order valence-electron chi connectivity index (χ1n) is 20.5. The van der Waals surface area contributed by atoms with Gasteiger partial charge in [0.25, 0.3) is 11.8 Å². The maximum absolute atomic E-state index is 14.0. The van der Waals surface area contributed by atoms with E-state index < -0.39 is 24.3 Å². The molecule has 5 heterocycles. The molecule has 16 nitrogen and oxygen atoms in total. The number of fused-ring (bicyclic) bond motifs is 2. The number of carbonyl (C=O) groups excluding carboxylic acids is 4. The Balaban J connectivity index is 0.920. The van der Waals surface area contributed by atoms with Crippen LogP contribution in [0, 0.1) is 0 Å². The normalized spacial score (nSPS) is 17.2. The number of alkyl carbamates (subject to hydrolysis) is 2. The summed E-state index contributed by atoms with van der Waals surface area (Å²) < 4.78 is 9.67. The van der Waals surface area contributed by atoms with Gasteiger partial charge in [-0.3, -0.25) is 9.59 Å². The fraction of sp³-hybridized carbons (Fsp3) is 0.261. The number of rotatable bonds is 10. The Labute approximate surface area is 356 Å². The maximum Gasteiger partial charge on any atom is 0.407 e. The second-order valence-electron chi connectivity index (χ2n) is 15.3. The lowest BCUT2D eigenvalue weighted by Gasteiger charge is -2.28. The average molecular weight is 833 g/mol. The molecule has 4 amide bonds. The minimum atomic E-state index is -0.904. The molecule has 9 rings (SSSR count). The van der Waals surface area contributed by atoms with E-state index in [1.165, 1.54) is 14.2 Å². The molecule has 7 aromatic rings. The molecule has 62 heavy (non-hydrogen) atoms. The molecule has 0 aliphatic carbocycles. The van der Waals surface area contributed by atoms with Crippen molar-refractivity contribution in [1.82, 2.24) is 50.3 Å². The zero-order valence-corrected chi connectivity index (χ0v) is 34.1. The highest BCUT2D eigenvalue weighted by molar-refractivity contribution is 5.91. The summed E-state index contributed by atoms with van der Waals surface area (Å²) in [5.41, 5.74) is 7.47. The average Bonchev–Trinajstić information content (AvgIpc) is 4.16. The molecule has 2 aliphatic heterocycles. The van der Waals surface area contributed by atoms with Gasteiger partial charge in [0.2, 0.25) is 0 Å². The third-order valence-electron chi connectivity index (χ3n) is 11.6. The lowest BCUT2D eigenvalue weighted by molar-refractivity contribution is -0.135. The minimum Gasteiger partial charge on any atom is -0.453 e. The summed E-state index contributed by atoms with van der Waals surface area (Å²) in [6.45, 7) is 1.06. The van der Waals surface area contributed by atoms with Gasteiger partial charge < -0.3 is 39.9 Å². The quantitative estimate of drug-likeness (QED) is 0.103. The van der Waals surface area contributed by atoms with Crippen LogP contribution in [0.5, 0.6) is 0 Å². The van der Waals surface area contributed by atoms with E-state index in [0.29, 0.717) is 46.9 Å². The zero-order chi connectivity index (χ0) is 42.7. The van der Waals surface area contributed by atoms with Crippen molar-refractivity contribution >= 4 is 46.1 Å². The lowest BCUT2D eigenvalue weighted by Crippen LogP contribution is -2.42. The lowest BCUT2D eigenvalue weighted by atomic mass is 10.1. The summed E-state index contributed by atoms with van der Waals surface area (Å²) in [7, 11) is 2.55. The largest absolute Gasteiger partial charge is 0.453 e. The fourth-order valence-corrected chi connectivity index (χ4v) is 8.50. The number of hydrogen-bond acceptors (Lipinski definition) is 10. The Hall–Kier alpha value is -7.62. The van der Waals surface area contributed by atoms with Crippen LogP contribution >= 0.6 is 0 Å². The Morgan fingerprint density at radius 1 is 0.597 bits per heavy atom. The van der Waals surface area contributed by atoms with E-state index in [2.05, 4.69) is 20.6 Å². The van der Waals surface area contributed by atoms with Gasteiger partial charge in [0, 0.05) is 24.2 Å². The molecule has 3 aromatic heterocycles. The summed E-state index contributed by atoms with van der Waals surface area (Å²) in [6, 6.07) is 27.6. The monoisotopic (exact) mass is 832 g/mol. The standard InChI is InChI=1S/C46H44N10O6/c1-61-45(59)53-39(27-11-5-3-6-12-27)43(57)55-21-9-15-37(55)41-47-25-35(51-41)29-17-19-31-33(23-29)49-32-20-18-30(24-34(32)50-31)36-26-48-42(52-36)38-16-10-22-56(38)44(58)40(54-46(60)62-2)28-13-7-4-8-14-28/h3-8,11-14,17-20,23-26,37-40H,9-10,15-16,21-22H2,1-2H3,(H,47,51)(H,48,52)(H,53,59)(H,54,60)/t37-,38-,39+,40+/m0/s1. The maximum atomic E-state index is 14.0. The van der Waals surface area contributed by atoms with Crippen molar-refractivity contribution in [3.8, 4) is 22.5 Å². The molecule has 4 aromatic carbocycles. The Morgan fingerprint density at radius 3 is 1.42 bits per heavy atom. The van der Waals surface area contributed by atoms with Crippen LogP contribution in [0.25, 0.3) is 44.6 Å². The number of nitrogens with one attached hydrogen (secondary N) is 4. The summed E-state index contributed by atoms with van der Waals surface area (Å²) in [5, 5.41) is 5.42. The van der Waals surface area contributed by atoms with Crippen LogP contribution in [-0.4, -0.2) is 91.0 Å². The molecule has 0 radical (unpaired) electrons. The Kier molecular flexibility index (Phi) is 11.0. The Bertz CT molecular complexity index is 2590. The van der Waals surface area contributed by atoms with Gasteiger partial charge >= 0.3 is 12.2 Å². The van der Waals surface area contributed by atoms with Crippen LogP contribution in [0.2, 0.25) is 0 Å². The van der Waals surface area contributed by atoms with Crippen molar-refractivity contribution in [1.29, 1.82) is 0 Å². The van der Waals surface area contributed by atoms with Crippen LogP contribution in [0.3, 0.4) is 0 Å². The van der Waals surface area contributed by atoms with Gasteiger partial charge in [0.05, 0.1) is 72.2 Å². The van der Waals surface area contributed by atoms with E-state index in [1.807, 2.05) is 97.1 Å². The number of imidazole rings is 2. The molecule has 2 fully saturated rings. The number of H-pyrrole nitrogens is 2. The zero-order valence-electron chi connectivity index (χ0n) is 34.1. The predicted octanol–water partition coefficient (Wildman–Crippen LogP) is 7.08. The molecule has 2 aliphatic rings. The topological polar surface area (TPSA) is 200 Å². The van der Waals surface area contributed by atoms with Crippen LogP contribution in [-0.2, 0) is 19.1 Å². The van der Waals surface area contributed by atoms with E-state index in [1.54, 1.807) is 22.2 Å². The minimum absolute atomic E-state index is 0.234. The molecule has 4 N–H and O–H groups in total. The number of aromatic nitrogens is 6. The van der Waals surface area contributed by atoms with Gasteiger partial charge in [-0.2, -0.15) is 0 Å². The predicted molar refractivity (Wildman–Crippen MR) is 229 cm³/mol. The first-order chi connectivity index (χ1) is 30.3. The molecule has 16 heteroatoms. The van der Waals surface area contributed by atoms with Gasteiger partial charge in [0.1, 0.15) is 23.7 Å². The highest BCUT2D eigenvalue weighted by atomic mass is 16.5. The molecular weight excluding hydrogens is 789 g/mol. The van der Waals surface area contributed by atoms with Gasteiger partial charge in [-0.05, 0) is 61.1 Å². The van der Waals surface area contributed by atoms with Gasteiger partial charge in [0.15, 0.2) is 0 Å². The molecule has 314 valence electrons. The number of carbonyl (C=O) groups is 4. The third kappa shape index (κ3) is 7.89. The van der Waals surface area contributed by atoms with Crippen LogP contribution in [0.1, 0.15) is 72.6 Å². The molecule has 2 saturated heterocycles. The van der Waals surface area contributed by atoms with E-state index in [0.717, 1.165) is 59.2 Å². The first-order valence-corrected chi connectivity index (χ1v) is 20.5. The number of benzene rings is 4. The van der Waals surface area contributed by atoms with Gasteiger partial charge in [-0.15, -0.1) is 0 Å². The first kappa shape index (κ1) is 39.8. The van der Waals surface area contributed by atoms with Crippen LogP contribution in [0.15, 0.2) is 109 Å². The van der Waals surface area contributed by atoms with Crippen molar-refractivity contribution in [3.63, 3.8) is 0 Å². The van der Waals surface area contributed by atoms with Crippen molar-refractivity contribution in [2.75, 3.05) is 27.3 Å². The van der Waals surface area contributed by atoms with E-state index in [9.17, 15) is 19.2 Å². The summed E-state index contributed by atoms with van der Waals surface area (Å²) >= 11 is 0. The summed E-state index contributed by atoms with van der Waals surface area (Å²) in [4.78, 5) is 82.2. The molecule has 0 unspecified atom stereocenters. The van der Waals surface area contributed by atoms with E-state index >= 15 is 0 Å². The van der Waals surface area contributed by atoms with Gasteiger partial charge in [-0.1, -0.05) is 72.8 Å². The number of hydrogen-bond donors (Lipinski definition) is 4. The second kappa shape index (κ2) is 17.2. The number of methoxy groups -OCH3 is 2. The van der Waals surface area contributed by atoms with E-state index in [4.69, 9.17) is 29.4 Å². The number of likely N-dealkylation sites (tertiary alicyclic amines) is 2. The number of aromatic amines is 2. The summed E-state index contributed by atoms with van der Waals surface area (Å²) in [5.74, 6) is 0.854. The van der Waals surface area contributed by atoms with Crippen molar-refractivity contribution < 1.29 is 28.7 Å². The van der Waals surface area contributed by atoms with Crippen molar-refractivity contribution in [2.45, 2.75) is 49.9 Å². The highest BCUT2D eigenvalue weighted by Gasteiger charge is 2.38. The smallest absolute Gasteiger partial charge is 0.407 e. The summed E-state index contributed by atoms with van der Waals surface area (Å²) in [6.07, 6.45) is 5.19. The molecular formula is C46H44N10O6. The number of amides is 4. The third-order valence-corrected chi connectivity index (χ3v) is 11.6. The van der Waals surface area contributed by atoms with E-state index in [-0.39, 0.29) is 23.9 Å². The number of ether oxygens (including phenoxy) is 2. The molecule has 0 bridgehead atoms.